The molecule has 0 aliphatic heterocycles. The molecule has 0 aliphatic carbocycles. The molecule has 0 saturated heterocycles. The predicted molar refractivity (Wildman–Crippen MR) is 153 cm³/mol. The Balaban J connectivity index is 1.86. The quantitative estimate of drug-likeness (QED) is 0.247. The van der Waals surface area contributed by atoms with Crippen LogP contribution in [-0.2, 0) is 9.13 Å². The van der Waals surface area contributed by atoms with E-state index < -0.39 is 19.8 Å². The Labute approximate surface area is 212 Å². The lowest BCUT2D eigenvalue weighted by molar-refractivity contribution is 0.576. The van der Waals surface area contributed by atoms with Crippen LogP contribution in [0.3, 0.4) is 0 Å². The second kappa shape index (κ2) is 10.5. The average Bonchev–Trinajstić information content (AvgIpc) is 2.97. The van der Waals surface area contributed by atoms with Gasteiger partial charge in [0.1, 0.15) is 5.52 Å². The summed E-state index contributed by atoms with van der Waals surface area (Å²) >= 11 is 0. The maximum Gasteiger partial charge on any atom is 0.172 e. The first-order valence-corrected chi connectivity index (χ1v) is 15.4. The minimum absolute atomic E-state index is 0.664. The number of hydrogen-bond donors (Lipinski definition) is 1. The van der Waals surface area contributed by atoms with Gasteiger partial charge < -0.3 is 14.4 Å². The highest BCUT2D eigenvalue weighted by Gasteiger charge is 2.49. The molecule has 0 aliphatic rings. The molecule has 0 aromatic heterocycles. The fraction of sp³-hybridized carbons (Fsp3) is 0.0323. The maximum absolute atomic E-state index is 15.7. The topological polar surface area (TPSA) is 46.2 Å². The van der Waals surface area contributed by atoms with E-state index in [1.807, 2.05) is 152 Å². The molecule has 0 heterocycles. The number of anilines is 1. The summed E-state index contributed by atoms with van der Waals surface area (Å²) in [4.78, 5) is 0. The SMILES string of the molecule is O=P(c1ccccc1)(c1ccccc1)C(Nc1ccccc1)P(=O)(c1ccccc1)c1ccccc1. The van der Waals surface area contributed by atoms with Crippen molar-refractivity contribution in [1.29, 1.82) is 0 Å². The lowest BCUT2D eigenvalue weighted by atomic mass is 10.3. The summed E-state index contributed by atoms with van der Waals surface area (Å²) in [5.74, 6) is 0. The number of benzene rings is 5. The van der Waals surface area contributed by atoms with Crippen molar-refractivity contribution in [2.24, 2.45) is 0 Å². The average molecular weight is 508 g/mol. The van der Waals surface area contributed by atoms with Gasteiger partial charge in [-0.1, -0.05) is 140 Å². The molecule has 0 fully saturated rings. The van der Waals surface area contributed by atoms with E-state index >= 15 is 9.13 Å². The van der Waals surface area contributed by atoms with E-state index in [0.29, 0.717) is 21.2 Å². The first-order chi connectivity index (χ1) is 17.6. The Hall–Kier alpha value is -3.64. The normalized spacial score (nSPS) is 11.8. The first kappa shape index (κ1) is 24.1. The van der Waals surface area contributed by atoms with E-state index in [2.05, 4.69) is 5.32 Å². The minimum Gasteiger partial charge on any atom is -0.368 e. The number of rotatable bonds is 8. The number of hydrogen-bond acceptors (Lipinski definition) is 3. The van der Waals surface area contributed by atoms with Gasteiger partial charge in [0.25, 0.3) is 0 Å². The number of nitrogens with one attached hydrogen (secondary N) is 1. The third-order valence-corrected chi connectivity index (χ3v) is 14.2. The molecule has 36 heavy (non-hydrogen) atoms. The van der Waals surface area contributed by atoms with E-state index in [1.165, 1.54) is 0 Å². The fourth-order valence-corrected chi connectivity index (χ4v) is 12.8. The van der Waals surface area contributed by atoms with Crippen molar-refractivity contribution < 1.29 is 9.13 Å². The summed E-state index contributed by atoms with van der Waals surface area (Å²) in [5, 5.41) is 6.18. The largest absolute Gasteiger partial charge is 0.368 e. The smallest absolute Gasteiger partial charge is 0.172 e. The third kappa shape index (κ3) is 4.49. The molecule has 5 heteroatoms. The maximum atomic E-state index is 15.7. The molecule has 0 radical (unpaired) electrons. The molecular formula is C31H27NO2P2. The van der Waals surface area contributed by atoms with Crippen LogP contribution in [0, 0.1) is 0 Å². The second-order valence-corrected chi connectivity index (χ2v) is 14.7. The van der Waals surface area contributed by atoms with Gasteiger partial charge >= 0.3 is 0 Å². The zero-order valence-electron chi connectivity index (χ0n) is 19.7. The second-order valence-electron chi connectivity index (χ2n) is 8.54. The predicted octanol–water partition coefficient (Wildman–Crippen LogP) is 6.41. The highest BCUT2D eigenvalue weighted by atomic mass is 31.2. The van der Waals surface area contributed by atoms with Gasteiger partial charge in [-0.15, -0.1) is 0 Å². The molecule has 0 bridgehead atoms. The van der Waals surface area contributed by atoms with Crippen molar-refractivity contribution in [2.75, 3.05) is 5.32 Å². The van der Waals surface area contributed by atoms with Gasteiger partial charge in [0.2, 0.25) is 0 Å². The Kier molecular flexibility index (Phi) is 7.05. The van der Waals surface area contributed by atoms with E-state index in [0.717, 1.165) is 5.69 Å². The van der Waals surface area contributed by atoms with Gasteiger partial charge in [0.15, 0.2) is 14.3 Å². The van der Waals surface area contributed by atoms with E-state index in [1.54, 1.807) is 0 Å². The lowest BCUT2D eigenvalue weighted by Crippen LogP contribution is -2.37. The van der Waals surface area contributed by atoms with Crippen LogP contribution in [0.25, 0.3) is 0 Å². The van der Waals surface area contributed by atoms with Crippen molar-refractivity contribution in [3.05, 3.63) is 152 Å². The van der Waals surface area contributed by atoms with Crippen LogP contribution in [0.2, 0.25) is 0 Å². The van der Waals surface area contributed by atoms with Gasteiger partial charge in [-0.3, -0.25) is 0 Å². The highest BCUT2D eigenvalue weighted by molar-refractivity contribution is 7.95. The summed E-state index contributed by atoms with van der Waals surface area (Å²) in [5.41, 5.74) is -0.149. The summed E-state index contributed by atoms with van der Waals surface area (Å²) in [6.45, 7) is 0. The van der Waals surface area contributed by atoms with E-state index in [4.69, 9.17) is 0 Å². The minimum atomic E-state index is -3.53. The zero-order valence-corrected chi connectivity index (χ0v) is 21.5. The van der Waals surface area contributed by atoms with Gasteiger partial charge in [0, 0.05) is 26.9 Å². The Morgan fingerprint density at radius 3 is 0.917 bits per heavy atom. The Bertz CT molecular complexity index is 1310. The summed E-state index contributed by atoms with van der Waals surface area (Å²) in [6, 6.07) is 47.4. The Morgan fingerprint density at radius 2 is 0.639 bits per heavy atom. The molecule has 5 rings (SSSR count). The lowest BCUT2D eigenvalue weighted by Gasteiger charge is -2.36. The van der Waals surface area contributed by atoms with Gasteiger partial charge in [-0.05, 0) is 12.1 Å². The monoisotopic (exact) mass is 507 g/mol. The summed E-state index contributed by atoms with van der Waals surface area (Å²) in [6.07, 6.45) is 0. The van der Waals surface area contributed by atoms with Crippen LogP contribution < -0.4 is 26.5 Å². The molecule has 3 nitrogen and oxygen atoms in total. The molecule has 0 atom stereocenters. The van der Waals surface area contributed by atoms with Crippen LogP contribution in [0.1, 0.15) is 0 Å². The van der Waals surface area contributed by atoms with E-state index in [9.17, 15) is 0 Å². The third-order valence-electron chi connectivity index (χ3n) is 6.32. The molecule has 178 valence electrons. The van der Waals surface area contributed by atoms with Crippen LogP contribution >= 0.6 is 14.3 Å². The highest BCUT2D eigenvalue weighted by Crippen LogP contribution is 2.65. The molecule has 0 unspecified atom stereocenters. The van der Waals surface area contributed by atoms with Crippen LogP contribution in [-0.4, -0.2) is 5.52 Å². The van der Waals surface area contributed by atoms with E-state index in [-0.39, 0.29) is 0 Å². The van der Waals surface area contributed by atoms with Crippen molar-refractivity contribution in [3.63, 3.8) is 0 Å². The van der Waals surface area contributed by atoms with Crippen molar-refractivity contribution in [3.8, 4) is 0 Å². The standard InChI is InChI=1S/C31H27NO2P2/c33-35(27-18-8-2-9-19-27,28-20-10-3-11-21-28)31(32-26-16-6-1-7-17-26)36(34,29-22-12-4-13-23-29)30-24-14-5-15-25-30/h1-25,31-32H. The molecule has 0 amide bonds. The fourth-order valence-electron chi connectivity index (χ4n) is 4.56. The van der Waals surface area contributed by atoms with Gasteiger partial charge in [0.05, 0.1) is 0 Å². The molecule has 0 spiro atoms. The molecule has 5 aromatic carbocycles. The molecule has 0 saturated carbocycles. The summed E-state index contributed by atoms with van der Waals surface area (Å²) < 4.78 is 31.4. The van der Waals surface area contributed by atoms with Crippen molar-refractivity contribution in [1.82, 2.24) is 0 Å². The summed E-state index contributed by atoms with van der Waals surface area (Å²) in [7, 11) is -7.05. The Morgan fingerprint density at radius 1 is 0.389 bits per heavy atom. The van der Waals surface area contributed by atoms with Crippen LogP contribution in [0.4, 0.5) is 5.69 Å². The molecule has 1 N–H and O–H groups in total. The van der Waals surface area contributed by atoms with Crippen LogP contribution in [0.5, 0.6) is 0 Å². The molecular weight excluding hydrogens is 480 g/mol. The number of para-hydroxylation sites is 1. The molecule has 5 aromatic rings. The van der Waals surface area contributed by atoms with Crippen LogP contribution in [0.15, 0.2) is 152 Å². The first-order valence-electron chi connectivity index (χ1n) is 11.9. The zero-order chi connectivity index (χ0) is 24.8. The van der Waals surface area contributed by atoms with Gasteiger partial charge in [-0.2, -0.15) is 0 Å². The van der Waals surface area contributed by atoms with Crippen molar-refractivity contribution in [2.45, 2.75) is 5.52 Å². The van der Waals surface area contributed by atoms with Gasteiger partial charge in [-0.25, -0.2) is 0 Å². The van der Waals surface area contributed by atoms with Crippen molar-refractivity contribution >= 4 is 41.2 Å².